The molecular weight excluding hydrogens is 302 g/mol. The van der Waals surface area contributed by atoms with Gasteiger partial charge in [-0.25, -0.2) is 4.79 Å². The number of hydrogen-bond donors (Lipinski definition) is 2. The third kappa shape index (κ3) is 2.79. The van der Waals surface area contributed by atoms with E-state index in [1.807, 2.05) is 18.4 Å². The first kappa shape index (κ1) is 14.4. The lowest BCUT2D eigenvalue weighted by Gasteiger charge is -2.05. The van der Waals surface area contributed by atoms with Crippen LogP contribution in [0.2, 0.25) is 5.02 Å². The van der Waals surface area contributed by atoms with Crippen molar-refractivity contribution in [1.29, 1.82) is 0 Å². The largest absolute Gasteiger partial charge is 0.477 e. The number of thioether (sulfide) groups is 1. The summed E-state index contributed by atoms with van der Waals surface area (Å²) in [7, 11) is 0. The topological polar surface area (TPSA) is 63.3 Å². The highest BCUT2D eigenvalue weighted by Crippen LogP contribution is 2.41. The molecule has 1 heterocycles. The monoisotopic (exact) mass is 313 g/mol. The molecule has 0 fully saturated rings. The van der Waals surface area contributed by atoms with E-state index in [9.17, 15) is 9.90 Å². The summed E-state index contributed by atoms with van der Waals surface area (Å²) in [5.74, 6) is -0.926. The van der Waals surface area contributed by atoms with Crippen molar-refractivity contribution in [3.8, 4) is 11.1 Å². The zero-order valence-electron chi connectivity index (χ0n) is 10.1. The highest BCUT2D eigenvalue weighted by Gasteiger charge is 2.22. The molecule has 0 radical (unpaired) electrons. The summed E-state index contributed by atoms with van der Waals surface area (Å²) in [5, 5.41) is 9.97. The Bertz CT molecular complexity index is 608. The first-order valence-corrected chi connectivity index (χ1v) is 7.89. The minimum Gasteiger partial charge on any atom is -0.477 e. The van der Waals surface area contributed by atoms with Gasteiger partial charge in [-0.1, -0.05) is 23.7 Å². The van der Waals surface area contributed by atoms with E-state index in [4.69, 9.17) is 17.3 Å². The van der Waals surface area contributed by atoms with Crippen molar-refractivity contribution in [3.63, 3.8) is 0 Å². The van der Waals surface area contributed by atoms with E-state index in [0.29, 0.717) is 22.0 Å². The molecule has 0 unspecified atom stereocenters. The zero-order chi connectivity index (χ0) is 14.0. The molecule has 0 spiro atoms. The number of carboxylic acids is 1. The average Bonchev–Trinajstić information content (AvgIpc) is 2.78. The summed E-state index contributed by atoms with van der Waals surface area (Å²) in [6, 6.07) is 7.14. The fourth-order valence-corrected chi connectivity index (χ4v) is 3.93. The molecule has 0 aliphatic heterocycles. The first-order valence-electron chi connectivity index (χ1n) is 5.47. The van der Waals surface area contributed by atoms with Crippen molar-refractivity contribution in [3.05, 3.63) is 39.7 Å². The summed E-state index contributed by atoms with van der Waals surface area (Å²) < 4.78 is 0.949. The molecule has 0 saturated carbocycles. The van der Waals surface area contributed by atoms with Gasteiger partial charge in [-0.05, 0) is 29.5 Å². The summed E-state index contributed by atoms with van der Waals surface area (Å²) in [6.07, 6.45) is 1.92. The molecule has 100 valence electrons. The second-order valence-corrected chi connectivity index (χ2v) is 6.32. The van der Waals surface area contributed by atoms with Crippen molar-refractivity contribution in [2.75, 3.05) is 6.26 Å². The number of benzene rings is 1. The van der Waals surface area contributed by atoms with E-state index in [1.54, 1.807) is 12.1 Å². The molecule has 6 heteroatoms. The molecular formula is C13H12ClNO2S2. The molecule has 0 aliphatic carbocycles. The number of nitrogens with two attached hydrogens (primary N) is 1. The van der Waals surface area contributed by atoms with Gasteiger partial charge in [0.25, 0.3) is 0 Å². The van der Waals surface area contributed by atoms with Gasteiger partial charge in [0.1, 0.15) is 4.88 Å². The molecule has 0 saturated heterocycles. The van der Waals surface area contributed by atoms with Crippen LogP contribution in [0.4, 0.5) is 0 Å². The number of thiophene rings is 1. The number of rotatable bonds is 4. The van der Waals surface area contributed by atoms with Crippen LogP contribution in [0.3, 0.4) is 0 Å². The summed E-state index contributed by atoms with van der Waals surface area (Å²) in [6.45, 7) is 0.317. The van der Waals surface area contributed by atoms with Crippen LogP contribution in [0.5, 0.6) is 0 Å². The molecule has 0 bridgehead atoms. The molecule has 2 aromatic rings. The van der Waals surface area contributed by atoms with Gasteiger partial charge in [-0.3, -0.25) is 0 Å². The van der Waals surface area contributed by atoms with Gasteiger partial charge in [0.2, 0.25) is 0 Å². The Hall–Kier alpha value is -1.01. The molecule has 0 atom stereocenters. The normalized spacial score (nSPS) is 10.7. The smallest absolute Gasteiger partial charge is 0.346 e. The fraction of sp³-hybridized carbons (Fsp3) is 0.154. The number of hydrogen-bond acceptors (Lipinski definition) is 4. The zero-order valence-corrected chi connectivity index (χ0v) is 12.5. The predicted octanol–water partition coefficient (Wildman–Crippen LogP) is 3.95. The average molecular weight is 314 g/mol. The Morgan fingerprint density at radius 2 is 2.05 bits per heavy atom. The van der Waals surface area contributed by atoms with Gasteiger partial charge in [0.15, 0.2) is 0 Å². The van der Waals surface area contributed by atoms with Gasteiger partial charge in [-0.15, -0.1) is 23.1 Å². The Labute approximate surface area is 124 Å². The Morgan fingerprint density at radius 3 is 2.53 bits per heavy atom. The quantitative estimate of drug-likeness (QED) is 0.839. The summed E-state index contributed by atoms with van der Waals surface area (Å²) in [4.78, 5) is 11.7. The van der Waals surface area contributed by atoms with E-state index in [2.05, 4.69) is 0 Å². The van der Waals surface area contributed by atoms with Gasteiger partial charge >= 0.3 is 5.97 Å². The Kier molecular flexibility index (Phi) is 4.52. The van der Waals surface area contributed by atoms with Crippen LogP contribution < -0.4 is 5.73 Å². The maximum atomic E-state index is 11.4. The minimum absolute atomic E-state index is 0.317. The molecule has 2 rings (SSSR count). The third-order valence-corrected chi connectivity index (χ3v) is 5.32. The van der Waals surface area contributed by atoms with E-state index in [-0.39, 0.29) is 0 Å². The van der Waals surface area contributed by atoms with Crippen molar-refractivity contribution in [2.24, 2.45) is 5.73 Å². The number of halogens is 1. The molecule has 19 heavy (non-hydrogen) atoms. The van der Waals surface area contributed by atoms with Crippen molar-refractivity contribution < 1.29 is 9.90 Å². The molecule has 1 aromatic heterocycles. The number of carboxylic acid groups (broad SMARTS) is 1. The molecule has 0 amide bonds. The fourth-order valence-electron chi connectivity index (χ4n) is 1.87. The van der Waals surface area contributed by atoms with Crippen LogP contribution in [0, 0.1) is 0 Å². The van der Waals surface area contributed by atoms with E-state index in [0.717, 1.165) is 15.3 Å². The SMILES string of the molecule is CSc1sc(C(=O)O)c(-c2ccc(Cl)cc2)c1CN. The minimum atomic E-state index is -0.926. The van der Waals surface area contributed by atoms with Gasteiger partial charge in [0, 0.05) is 17.1 Å². The van der Waals surface area contributed by atoms with Crippen LogP contribution in [-0.2, 0) is 6.54 Å². The first-order chi connectivity index (χ1) is 9.08. The highest BCUT2D eigenvalue weighted by molar-refractivity contribution is 8.00. The van der Waals surface area contributed by atoms with Crippen LogP contribution in [0.1, 0.15) is 15.2 Å². The Morgan fingerprint density at radius 1 is 1.42 bits per heavy atom. The van der Waals surface area contributed by atoms with Crippen molar-refractivity contribution in [1.82, 2.24) is 0 Å². The summed E-state index contributed by atoms with van der Waals surface area (Å²) >= 11 is 8.65. The van der Waals surface area contributed by atoms with Crippen molar-refractivity contribution in [2.45, 2.75) is 10.8 Å². The van der Waals surface area contributed by atoms with Crippen LogP contribution in [-0.4, -0.2) is 17.3 Å². The molecule has 3 N–H and O–H groups in total. The van der Waals surface area contributed by atoms with E-state index in [1.165, 1.54) is 23.1 Å². The number of aromatic carboxylic acids is 1. The van der Waals surface area contributed by atoms with Gasteiger partial charge < -0.3 is 10.8 Å². The number of carbonyl (C=O) groups is 1. The second kappa shape index (κ2) is 5.96. The van der Waals surface area contributed by atoms with Gasteiger partial charge in [0.05, 0.1) is 4.21 Å². The predicted molar refractivity (Wildman–Crippen MR) is 81.4 cm³/mol. The summed E-state index contributed by atoms with van der Waals surface area (Å²) in [5.41, 5.74) is 8.21. The third-order valence-electron chi connectivity index (χ3n) is 2.69. The molecule has 0 aliphatic rings. The standard InChI is InChI=1S/C13H12ClNO2S2/c1-18-13-9(6-15)10(11(19-13)12(16)17)7-2-4-8(14)5-3-7/h2-5H,6,15H2,1H3,(H,16,17). The lowest BCUT2D eigenvalue weighted by molar-refractivity contribution is 0.0703. The second-order valence-electron chi connectivity index (χ2n) is 3.79. The van der Waals surface area contributed by atoms with Crippen LogP contribution in [0.15, 0.2) is 28.5 Å². The maximum Gasteiger partial charge on any atom is 0.346 e. The van der Waals surface area contributed by atoms with E-state index < -0.39 is 5.97 Å². The lowest BCUT2D eigenvalue weighted by atomic mass is 10.0. The van der Waals surface area contributed by atoms with Crippen LogP contribution >= 0.6 is 34.7 Å². The molecule has 1 aromatic carbocycles. The highest BCUT2D eigenvalue weighted by atomic mass is 35.5. The van der Waals surface area contributed by atoms with E-state index >= 15 is 0 Å². The lowest BCUT2D eigenvalue weighted by Crippen LogP contribution is -2.01. The van der Waals surface area contributed by atoms with Crippen molar-refractivity contribution >= 4 is 40.7 Å². The Balaban J connectivity index is 2.68. The van der Waals surface area contributed by atoms with Gasteiger partial charge in [-0.2, -0.15) is 0 Å². The maximum absolute atomic E-state index is 11.4. The molecule has 3 nitrogen and oxygen atoms in total. The van der Waals surface area contributed by atoms with Crippen LogP contribution in [0.25, 0.3) is 11.1 Å².